The molecule has 0 bridgehead atoms. The van der Waals surface area contributed by atoms with Crippen LogP contribution in [0.15, 0.2) is 54.0 Å². The third-order valence-corrected chi connectivity index (χ3v) is 4.80. The number of rotatable bonds is 4. The van der Waals surface area contributed by atoms with Crippen LogP contribution in [0, 0.1) is 11.3 Å². The van der Waals surface area contributed by atoms with Crippen LogP contribution < -0.4 is 0 Å². The first-order valence-corrected chi connectivity index (χ1v) is 8.17. The second-order valence-electron chi connectivity index (χ2n) is 6.75. The molecule has 0 radical (unpaired) electrons. The number of nitriles is 1. The van der Waals surface area contributed by atoms with E-state index in [2.05, 4.69) is 0 Å². The molecule has 2 aromatic rings. The molecule has 2 aromatic heterocycles. The van der Waals surface area contributed by atoms with Gasteiger partial charge in [-0.1, -0.05) is 0 Å². The van der Waals surface area contributed by atoms with Crippen molar-refractivity contribution >= 4 is 17.4 Å². The highest BCUT2D eigenvalue weighted by Gasteiger charge is 2.49. The molecule has 3 heterocycles. The molecule has 0 unspecified atom stereocenters. The van der Waals surface area contributed by atoms with E-state index in [1.54, 1.807) is 21.3 Å². The molecule has 0 saturated carbocycles. The Morgan fingerprint density at radius 3 is 2.35 bits per heavy atom. The van der Waals surface area contributed by atoms with E-state index in [-0.39, 0.29) is 11.5 Å². The van der Waals surface area contributed by atoms with Crippen molar-refractivity contribution in [1.82, 2.24) is 9.13 Å². The first-order valence-electron chi connectivity index (χ1n) is 8.17. The number of hydrogen-bond donors (Lipinski definition) is 0. The van der Waals surface area contributed by atoms with Crippen molar-refractivity contribution in [3.8, 4) is 6.07 Å². The van der Waals surface area contributed by atoms with Crippen molar-refractivity contribution in [2.75, 3.05) is 0 Å². The molecule has 0 aromatic carbocycles. The summed E-state index contributed by atoms with van der Waals surface area (Å²) in [5.74, 6) is 1.85. The largest absolute Gasteiger partial charge is 0.757 e. The predicted molar refractivity (Wildman–Crippen MR) is 99.2 cm³/mol. The van der Waals surface area contributed by atoms with Gasteiger partial charge < -0.3 is 14.5 Å². The summed E-state index contributed by atoms with van der Waals surface area (Å²) < 4.78 is 5.32. The van der Waals surface area contributed by atoms with E-state index >= 15 is 0 Å². The van der Waals surface area contributed by atoms with E-state index in [1.165, 1.54) is 0 Å². The van der Waals surface area contributed by atoms with E-state index in [4.69, 9.17) is 0 Å². The molecule has 0 amide bonds. The molecular formula is C20H19N5O. The van der Waals surface area contributed by atoms with Gasteiger partial charge in [0, 0.05) is 46.4 Å². The lowest BCUT2D eigenvalue weighted by atomic mass is 9.90. The van der Waals surface area contributed by atoms with Crippen LogP contribution in [0.1, 0.15) is 30.0 Å². The fraction of sp³-hybridized carbons (Fsp3) is 0.250. The molecule has 130 valence electrons. The topological polar surface area (TPSA) is 76.0 Å². The maximum Gasteiger partial charge on any atom is 0.305 e. The molecule has 6 nitrogen and oxygen atoms in total. The third kappa shape index (κ3) is 2.46. The zero-order valence-corrected chi connectivity index (χ0v) is 15.2. The van der Waals surface area contributed by atoms with Crippen LogP contribution >= 0.6 is 0 Å². The Bertz CT molecular complexity index is 1060. The van der Waals surface area contributed by atoms with E-state index in [9.17, 15) is 15.5 Å². The minimum Gasteiger partial charge on any atom is -0.757 e. The zero-order valence-electron chi connectivity index (χ0n) is 15.2. The number of carbonyl (C=O) groups is 1. The van der Waals surface area contributed by atoms with Crippen molar-refractivity contribution in [1.29, 1.82) is 5.26 Å². The molecule has 0 fully saturated rings. The van der Waals surface area contributed by atoms with E-state index < -0.39 is 5.54 Å². The van der Waals surface area contributed by atoms with E-state index in [0.29, 0.717) is 17.0 Å². The lowest BCUT2D eigenvalue weighted by molar-refractivity contribution is -0.531. The number of nitrogens with zero attached hydrogens (tertiary/aromatic N) is 5. The van der Waals surface area contributed by atoms with Gasteiger partial charge in [-0.05, 0) is 24.3 Å². The Balaban J connectivity index is 2.25. The average Bonchev–Trinajstić information content (AvgIpc) is 3.27. The minimum absolute atomic E-state index is 0.0443. The molecule has 0 saturated heterocycles. The maximum atomic E-state index is 13.2. The van der Waals surface area contributed by atoms with Crippen molar-refractivity contribution in [2.45, 2.75) is 19.4 Å². The molecule has 1 aliphatic heterocycles. The zero-order chi connectivity index (χ0) is 19.1. The van der Waals surface area contributed by atoms with Crippen molar-refractivity contribution in [3.63, 3.8) is 0 Å². The Morgan fingerprint density at radius 2 is 1.85 bits per heavy atom. The number of allylic oxidation sites excluding steroid dienone is 2. The Morgan fingerprint density at radius 1 is 1.19 bits per heavy atom. The van der Waals surface area contributed by atoms with Gasteiger partial charge in [0.15, 0.2) is 11.6 Å². The quantitative estimate of drug-likeness (QED) is 0.369. The molecule has 0 N–H and O–H groups in total. The highest BCUT2D eigenvalue weighted by atomic mass is 16.1. The van der Waals surface area contributed by atoms with Crippen molar-refractivity contribution in [3.05, 3.63) is 70.8 Å². The van der Waals surface area contributed by atoms with E-state index in [0.717, 1.165) is 5.69 Å². The first-order chi connectivity index (χ1) is 12.3. The van der Waals surface area contributed by atoms with Gasteiger partial charge in [-0.2, -0.15) is 15.7 Å². The number of aryl methyl sites for hydroxylation is 2. The Hall–Kier alpha value is -3.42. The summed E-state index contributed by atoms with van der Waals surface area (Å²) in [7, 11) is 3.70. The fourth-order valence-electron chi connectivity index (χ4n) is 3.42. The lowest BCUT2D eigenvalue weighted by Gasteiger charge is -2.20. The molecule has 26 heavy (non-hydrogen) atoms. The molecule has 6 heteroatoms. The number of carbonyl (C=O) groups excluding carboxylic acids is 1. The Labute approximate surface area is 152 Å². The molecular weight excluding hydrogens is 326 g/mol. The highest BCUT2D eigenvalue weighted by Crippen LogP contribution is 2.33. The first kappa shape index (κ1) is 17.4. The molecule has 0 spiro atoms. The monoisotopic (exact) mass is 345 g/mol. The summed E-state index contributed by atoms with van der Waals surface area (Å²) in [5, 5.41) is 18.9. The number of hydrogen-bond acceptors (Lipinski definition) is 2. The van der Waals surface area contributed by atoms with E-state index in [1.807, 2.05) is 75.0 Å². The predicted octanol–water partition coefficient (Wildman–Crippen LogP) is 2.41. The van der Waals surface area contributed by atoms with Gasteiger partial charge in [0.2, 0.25) is 11.5 Å². The second-order valence-corrected chi connectivity index (χ2v) is 6.75. The molecule has 1 aliphatic rings. The van der Waals surface area contributed by atoms with Crippen LogP contribution in [0.4, 0.5) is 0 Å². The maximum absolute atomic E-state index is 13.2. The van der Waals surface area contributed by atoms with Gasteiger partial charge in [0.1, 0.15) is 5.69 Å². The standard InChI is InChI=1S/C20H19N5O/c1-20(2)15(19(26)17-8-6-10-24(17)4)11-18(16-7-5-9-23(16)3)25(20)14(12-21)13-22/h5-11H,1-4H3. The van der Waals surface area contributed by atoms with Crippen LogP contribution in [0.3, 0.4) is 0 Å². The fourth-order valence-corrected chi connectivity index (χ4v) is 3.42. The lowest BCUT2D eigenvalue weighted by Crippen LogP contribution is -2.39. The third-order valence-electron chi connectivity index (χ3n) is 4.80. The minimum atomic E-state index is -0.832. The number of Topliss-reactive ketones (excluding diaryl/α,β-unsaturated/α-hetero) is 1. The smallest absolute Gasteiger partial charge is 0.305 e. The summed E-state index contributed by atoms with van der Waals surface area (Å²) in [4.78, 5) is 13.2. The summed E-state index contributed by atoms with van der Waals surface area (Å²) >= 11 is 0. The molecule has 0 atom stereocenters. The van der Waals surface area contributed by atoms with Crippen LogP contribution in [0.25, 0.3) is 5.41 Å². The van der Waals surface area contributed by atoms with Crippen LogP contribution in [-0.4, -0.2) is 36.6 Å². The number of ketones is 1. The highest BCUT2D eigenvalue weighted by molar-refractivity contribution is 6.17. The summed E-state index contributed by atoms with van der Waals surface area (Å²) in [5.41, 5.74) is 1.72. The van der Waals surface area contributed by atoms with Crippen molar-refractivity contribution in [2.24, 2.45) is 14.1 Å². The van der Waals surface area contributed by atoms with Gasteiger partial charge in [0.05, 0.1) is 11.3 Å². The summed E-state index contributed by atoms with van der Waals surface area (Å²) in [6.45, 7) is 3.70. The molecule has 0 aliphatic carbocycles. The van der Waals surface area contributed by atoms with Gasteiger partial charge in [0.25, 0.3) is 0 Å². The van der Waals surface area contributed by atoms with Gasteiger partial charge in [-0.15, -0.1) is 0 Å². The molecule has 3 rings (SSSR count). The van der Waals surface area contributed by atoms with Crippen LogP contribution in [-0.2, 0) is 14.1 Å². The Kier molecular flexibility index (Phi) is 4.11. The van der Waals surface area contributed by atoms with Gasteiger partial charge in [-0.25, -0.2) is 0 Å². The van der Waals surface area contributed by atoms with Crippen molar-refractivity contribution < 1.29 is 9.37 Å². The number of aromatic nitrogens is 2. The van der Waals surface area contributed by atoms with Crippen LogP contribution in [0.5, 0.6) is 0 Å². The SMILES string of the molecule is Cn1cccc1C(=O)C1=CC(c2cccn2C)=[N+](C(=C=[N-])C#N)C1(C)C. The van der Waals surface area contributed by atoms with Gasteiger partial charge >= 0.3 is 5.70 Å². The summed E-state index contributed by atoms with van der Waals surface area (Å²) in [6, 6.07) is 9.34. The normalized spacial score (nSPS) is 15.4. The second kappa shape index (κ2) is 6.14. The van der Waals surface area contributed by atoms with Gasteiger partial charge in [-0.3, -0.25) is 4.79 Å². The van der Waals surface area contributed by atoms with Crippen LogP contribution in [0.2, 0.25) is 0 Å². The average molecular weight is 345 g/mol. The summed E-state index contributed by atoms with van der Waals surface area (Å²) in [6.07, 6.45) is 5.49.